The zero-order chi connectivity index (χ0) is 24.3. The lowest BCUT2D eigenvalue weighted by atomic mass is 9.77. The van der Waals surface area contributed by atoms with Crippen molar-refractivity contribution < 1.29 is 24.1 Å². The number of aryl methyl sites for hydroxylation is 1. The van der Waals surface area contributed by atoms with Crippen molar-refractivity contribution in [3.63, 3.8) is 0 Å². The van der Waals surface area contributed by atoms with Crippen molar-refractivity contribution in [3.05, 3.63) is 58.7 Å². The number of nitrogens with zero attached hydrogens (tertiary/aromatic N) is 1. The van der Waals surface area contributed by atoms with Crippen LogP contribution in [0, 0.1) is 11.3 Å². The van der Waals surface area contributed by atoms with E-state index in [9.17, 15) is 10.4 Å². The van der Waals surface area contributed by atoms with Crippen molar-refractivity contribution in [1.29, 1.82) is 5.26 Å². The van der Waals surface area contributed by atoms with Crippen molar-refractivity contribution in [2.24, 2.45) is 0 Å². The van der Waals surface area contributed by atoms with E-state index in [0.717, 1.165) is 42.4 Å². The Hall–Kier alpha value is -2.59. The number of hydrogen-bond donors (Lipinski definition) is 1. The van der Waals surface area contributed by atoms with E-state index in [2.05, 4.69) is 32.9 Å². The first-order chi connectivity index (χ1) is 15.9. The van der Waals surface area contributed by atoms with E-state index >= 15 is 0 Å². The molecular formula is C27H37NO5. The zero-order valence-corrected chi connectivity index (χ0v) is 20.5. The molecule has 0 aromatic heterocycles. The molecule has 2 aromatic carbocycles. The van der Waals surface area contributed by atoms with Gasteiger partial charge in [0.15, 0.2) is 6.29 Å². The number of benzene rings is 2. The third kappa shape index (κ3) is 7.46. The van der Waals surface area contributed by atoms with Crippen LogP contribution in [0.25, 0.3) is 0 Å². The molecule has 0 aliphatic carbocycles. The van der Waals surface area contributed by atoms with Gasteiger partial charge in [0, 0.05) is 26.2 Å². The first-order valence-electron chi connectivity index (χ1n) is 11.5. The summed E-state index contributed by atoms with van der Waals surface area (Å²) in [6.07, 6.45) is 3.23. The largest absolute Gasteiger partial charge is 0.508 e. The van der Waals surface area contributed by atoms with Gasteiger partial charge in [-0.1, -0.05) is 39.0 Å². The highest BCUT2D eigenvalue weighted by molar-refractivity contribution is 5.54. The minimum atomic E-state index is -0.327. The van der Waals surface area contributed by atoms with Gasteiger partial charge in [0.1, 0.15) is 17.6 Å². The van der Waals surface area contributed by atoms with Crippen LogP contribution in [-0.4, -0.2) is 45.4 Å². The smallest absolute Gasteiger partial charge is 0.180 e. The molecule has 180 valence electrons. The molecule has 0 atom stereocenters. The summed E-state index contributed by atoms with van der Waals surface area (Å²) < 4.78 is 21.8. The fourth-order valence-corrected chi connectivity index (χ4v) is 3.68. The van der Waals surface area contributed by atoms with Crippen LogP contribution in [0.2, 0.25) is 0 Å². The van der Waals surface area contributed by atoms with Gasteiger partial charge in [-0.25, -0.2) is 0 Å². The third-order valence-corrected chi connectivity index (χ3v) is 5.94. The fourth-order valence-electron chi connectivity index (χ4n) is 3.68. The molecule has 0 saturated carbocycles. The molecular weight excluding hydrogens is 418 g/mol. The molecule has 0 unspecified atom stereocenters. The van der Waals surface area contributed by atoms with Crippen LogP contribution in [0.1, 0.15) is 62.3 Å². The Balaban J connectivity index is 1.98. The average Bonchev–Trinajstić information content (AvgIpc) is 2.83. The summed E-state index contributed by atoms with van der Waals surface area (Å²) >= 11 is 0. The van der Waals surface area contributed by atoms with Gasteiger partial charge in [0.05, 0.1) is 18.8 Å². The second-order valence-corrected chi connectivity index (χ2v) is 8.53. The van der Waals surface area contributed by atoms with Gasteiger partial charge < -0.3 is 24.1 Å². The summed E-state index contributed by atoms with van der Waals surface area (Å²) in [5.41, 5.74) is 3.40. The predicted molar refractivity (Wildman–Crippen MR) is 129 cm³/mol. The maximum Gasteiger partial charge on any atom is 0.180 e. The van der Waals surface area contributed by atoms with E-state index < -0.39 is 0 Å². The Labute approximate surface area is 198 Å². The summed E-state index contributed by atoms with van der Waals surface area (Å²) in [6.45, 7) is 7.95. The summed E-state index contributed by atoms with van der Waals surface area (Å²) in [5.74, 6) is 0.926. The highest BCUT2D eigenvalue weighted by atomic mass is 16.7. The SMILES string of the molecule is CCc1cc(C(C)(C)c2ccc(O)cc2)cc(C#N)c1OCCCCCOCC(OC)OC. The summed E-state index contributed by atoms with van der Waals surface area (Å²) in [7, 11) is 3.19. The molecule has 0 amide bonds. The summed E-state index contributed by atoms with van der Waals surface area (Å²) in [6, 6.07) is 13.6. The molecule has 6 nitrogen and oxygen atoms in total. The Bertz CT molecular complexity index is 898. The van der Waals surface area contributed by atoms with Crippen LogP contribution in [0.5, 0.6) is 11.5 Å². The number of methoxy groups -OCH3 is 2. The Kier molecular flexibility index (Phi) is 10.7. The minimum Gasteiger partial charge on any atom is -0.508 e. The topological polar surface area (TPSA) is 80.9 Å². The molecule has 6 heteroatoms. The first-order valence-corrected chi connectivity index (χ1v) is 11.5. The monoisotopic (exact) mass is 455 g/mol. The molecule has 0 fully saturated rings. The molecule has 2 rings (SSSR count). The second kappa shape index (κ2) is 13.2. The van der Waals surface area contributed by atoms with E-state index in [0.29, 0.717) is 31.1 Å². The molecule has 0 saturated heterocycles. The number of nitriles is 1. The van der Waals surface area contributed by atoms with Crippen molar-refractivity contribution in [2.75, 3.05) is 34.0 Å². The van der Waals surface area contributed by atoms with Crippen molar-refractivity contribution in [2.45, 2.75) is 58.2 Å². The predicted octanol–water partition coefficient (Wildman–Crippen LogP) is 5.34. The molecule has 0 aliphatic heterocycles. The number of phenolic OH excluding ortho intramolecular Hbond substituents is 1. The quantitative estimate of drug-likeness (QED) is 0.306. The van der Waals surface area contributed by atoms with E-state index in [1.165, 1.54) is 0 Å². The number of phenols is 1. The van der Waals surface area contributed by atoms with Crippen LogP contribution in [0.4, 0.5) is 0 Å². The minimum absolute atomic E-state index is 0.242. The van der Waals surface area contributed by atoms with Gasteiger partial charge >= 0.3 is 0 Å². The van der Waals surface area contributed by atoms with Crippen molar-refractivity contribution in [3.8, 4) is 17.6 Å². The number of aromatic hydroxyl groups is 1. The maximum absolute atomic E-state index is 9.82. The second-order valence-electron chi connectivity index (χ2n) is 8.53. The lowest BCUT2D eigenvalue weighted by molar-refractivity contribution is -0.140. The number of rotatable bonds is 14. The molecule has 0 heterocycles. The van der Waals surface area contributed by atoms with Crippen LogP contribution < -0.4 is 4.74 Å². The van der Waals surface area contributed by atoms with Gasteiger partial charge in [0.2, 0.25) is 0 Å². The lowest BCUT2D eigenvalue weighted by Gasteiger charge is -2.28. The first kappa shape index (κ1) is 26.7. The maximum atomic E-state index is 9.82. The molecule has 0 spiro atoms. The number of hydrogen-bond acceptors (Lipinski definition) is 6. The molecule has 0 bridgehead atoms. The van der Waals surface area contributed by atoms with Gasteiger partial charge in [-0.2, -0.15) is 5.26 Å². The van der Waals surface area contributed by atoms with Gasteiger partial charge in [-0.3, -0.25) is 0 Å². The molecule has 0 aliphatic rings. The zero-order valence-electron chi connectivity index (χ0n) is 20.5. The van der Waals surface area contributed by atoms with Crippen molar-refractivity contribution in [1.82, 2.24) is 0 Å². The number of ether oxygens (including phenoxy) is 4. The van der Waals surface area contributed by atoms with Crippen molar-refractivity contribution >= 4 is 0 Å². The van der Waals surface area contributed by atoms with Crippen LogP contribution >= 0.6 is 0 Å². The van der Waals surface area contributed by atoms with Crippen LogP contribution in [0.15, 0.2) is 36.4 Å². The van der Waals surface area contributed by atoms with Gasteiger partial charge in [-0.15, -0.1) is 0 Å². The Morgan fingerprint density at radius 2 is 1.64 bits per heavy atom. The summed E-state index contributed by atoms with van der Waals surface area (Å²) in [4.78, 5) is 0. The standard InChI is InChI=1S/C27H37NO5/c1-6-20-16-23(27(2,3)22-10-12-24(29)13-11-22)17-21(18-28)26(20)33-15-9-7-8-14-32-19-25(30-4)31-5/h10-13,16-17,25,29H,6-9,14-15,19H2,1-5H3. The third-order valence-electron chi connectivity index (χ3n) is 5.94. The Morgan fingerprint density at radius 3 is 2.24 bits per heavy atom. The van der Waals surface area contributed by atoms with E-state index in [1.807, 2.05) is 18.2 Å². The highest BCUT2D eigenvalue weighted by Gasteiger charge is 2.26. The Morgan fingerprint density at radius 1 is 0.970 bits per heavy atom. The highest BCUT2D eigenvalue weighted by Crippen LogP contribution is 2.37. The molecule has 33 heavy (non-hydrogen) atoms. The number of unbranched alkanes of at least 4 members (excludes halogenated alkanes) is 2. The van der Waals surface area contributed by atoms with Crippen LogP contribution in [-0.2, 0) is 26.0 Å². The van der Waals surface area contributed by atoms with E-state index in [1.54, 1.807) is 26.4 Å². The summed E-state index contributed by atoms with van der Waals surface area (Å²) in [5, 5.41) is 19.4. The molecule has 0 radical (unpaired) electrons. The fraction of sp³-hybridized carbons (Fsp3) is 0.519. The van der Waals surface area contributed by atoms with Crippen LogP contribution in [0.3, 0.4) is 0 Å². The average molecular weight is 456 g/mol. The lowest BCUT2D eigenvalue weighted by Crippen LogP contribution is -2.20. The van der Waals surface area contributed by atoms with Gasteiger partial charge in [0.25, 0.3) is 0 Å². The van der Waals surface area contributed by atoms with E-state index in [-0.39, 0.29) is 17.5 Å². The molecule has 2 aromatic rings. The normalized spacial score (nSPS) is 11.5. The van der Waals surface area contributed by atoms with E-state index in [4.69, 9.17) is 18.9 Å². The van der Waals surface area contributed by atoms with Gasteiger partial charge in [-0.05, 0) is 60.6 Å². The molecule has 1 N–H and O–H groups in total.